The quantitative estimate of drug-likeness (QED) is 0.828. The first-order chi connectivity index (χ1) is 10.0. The second kappa shape index (κ2) is 7.00. The van der Waals surface area contributed by atoms with Gasteiger partial charge in [0.25, 0.3) is 0 Å². The van der Waals surface area contributed by atoms with Crippen LogP contribution in [0.3, 0.4) is 0 Å². The van der Waals surface area contributed by atoms with Gasteiger partial charge in [0.1, 0.15) is 0 Å². The number of aromatic nitrogens is 1. The average molecular weight is 312 g/mol. The molecular formula is C14H20N2O4S. The van der Waals surface area contributed by atoms with Crippen LogP contribution in [-0.2, 0) is 27.2 Å². The fourth-order valence-electron chi connectivity index (χ4n) is 2.49. The summed E-state index contributed by atoms with van der Waals surface area (Å²) in [6, 6.07) is 0. The highest BCUT2D eigenvalue weighted by atomic mass is 32.1. The number of aliphatic carboxylic acids is 1. The monoisotopic (exact) mass is 312 g/mol. The lowest BCUT2D eigenvalue weighted by Crippen LogP contribution is -2.53. The Balaban J connectivity index is 1.98. The maximum Gasteiger partial charge on any atom is 0.305 e. The molecule has 6 nitrogen and oxygen atoms in total. The van der Waals surface area contributed by atoms with E-state index in [-0.39, 0.29) is 18.7 Å². The zero-order chi connectivity index (χ0) is 15.3. The summed E-state index contributed by atoms with van der Waals surface area (Å²) in [7, 11) is 0. The molecule has 0 unspecified atom stereocenters. The number of carboxylic acids is 1. The Morgan fingerprint density at radius 3 is 2.76 bits per heavy atom. The Kier molecular flexibility index (Phi) is 5.30. The second-order valence-electron chi connectivity index (χ2n) is 5.27. The number of rotatable bonds is 6. The Morgan fingerprint density at radius 2 is 2.19 bits per heavy atom. The number of carboxylic acid groups (broad SMARTS) is 1. The molecule has 1 saturated heterocycles. The maximum absolute atomic E-state index is 12.2. The molecule has 0 radical (unpaired) electrons. The molecule has 2 heterocycles. The Bertz CT molecular complexity index is 509. The van der Waals surface area contributed by atoms with Crippen molar-refractivity contribution in [1.82, 2.24) is 10.3 Å². The van der Waals surface area contributed by atoms with Crippen LogP contribution in [0.25, 0.3) is 0 Å². The van der Waals surface area contributed by atoms with Crippen LogP contribution in [0.5, 0.6) is 0 Å². The highest BCUT2D eigenvalue weighted by molar-refractivity contribution is 7.09. The molecule has 1 fully saturated rings. The first-order valence-corrected chi connectivity index (χ1v) is 7.95. The number of nitrogens with zero attached hydrogens (tertiary/aromatic N) is 1. The van der Waals surface area contributed by atoms with Crippen LogP contribution >= 0.6 is 11.3 Å². The molecule has 7 heteroatoms. The predicted molar refractivity (Wildman–Crippen MR) is 78.4 cm³/mol. The summed E-state index contributed by atoms with van der Waals surface area (Å²) >= 11 is 1.54. The van der Waals surface area contributed by atoms with Gasteiger partial charge in [-0.1, -0.05) is 6.92 Å². The molecule has 1 aliphatic heterocycles. The molecule has 21 heavy (non-hydrogen) atoms. The third-order valence-corrected chi connectivity index (χ3v) is 4.63. The lowest BCUT2D eigenvalue weighted by molar-refractivity contribution is -0.140. The summed E-state index contributed by atoms with van der Waals surface area (Å²) in [6.45, 7) is 2.97. The zero-order valence-electron chi connectivity index (χ0n) is 12.1. The number of hydrogen-bond donors (Lipinski definition) is 2. The molecular weight excluding hydrogens is 292 g/mol. The topological polar surface area (TPSA) is 88.5 Å². The molecule has 0 saturated carbocycles. The van der Waals surface area contributed by atoms with Crippen molar-refractivity contribution >= 4 is 23.2 Å². The van der Waals surface area contributed by atoms with Crippen LogP contribution in [0.1, 0.15) is 36.9 Å². The van der Waals surface area contributed by atoms with Gasteiger partial charge in [-0.05, 0) is 19.3 Å². The Morgan fingerprint density at radius 1 is 1.48 bits per heavy atom. The molecule has 1 amide bonds. The molecule has 1 aromatic rings. The van der Waals surface area contributed by atoms with Gasteiger partial charge in [0, 0.05) is 18.6 Å². The fourth-order valence-corrected chi connectivity index (χ4v) is 3.24. The minimum atomic E-state index is -0.904. The van der Waals surface area contributed by atoms with E-state index in [1.54, 1.807) is 11.3 Å². The van der Waals surface area contributed by atoms with Gasteiger partial charge in [-0.3, -0.25) is 9.59 Å². The normalized spacial score (nSPS) is 17.4. The largest absolute Gasteiger partial charge is 0.481 e. The van der Waals surface area contributed by atoms with Gasteiger partial charge in [0.2, 0.25) is 5.91 Å². The smallest absolute Gasteiger partial charge is 0.305 e. The van der Waals surface area contributed by atoms with Crippen LogP contribution in [0, 0.1) is 0 Å². The van der Waals surface area contributed by atoms with E-state index in [4.69, 9.17) is 9.84 Å². The molecule has 1 aliphatic rings. The number of ether oxygens (including phenoxy) is 1. The summed E-state index contributed by atoms with van der Waals surface area (Å²) in [5, 5.41) is 14.9. The minimum absolute atomic E-state index is 0.0701. The van der Waals surface area contributed by atoms with E-state index in [1.807, 2.05) is 12.3 Å². The van der Waals surface area contributed by atoms with Crippen molar-refractivity contribution in [3.63, 3.8) is 0 Å². The van der Waals surface area contributed by atoms with Crippen LogP contribution in [0.15, 0.2) is 5.38 Å². The van der Waals surface area contributed by atoms with Crippen LogP contribution < -0.4 is 5.32 Å². The molecule has 0 atom stereocenters. The number of carbonyl (C=O) groups is 2. The van der Waals surface area contributed by atoms with Crippen molar-refractivity contribution in [2.24, 2.45) is 0 Å². The highest BCUT2D eigenvalue weighted by Gasteiger charge is 2.36. The number of aryl methyl sites for hydroxylation is 1. The number of amides is 1. The molecule has 0 aromatic carbocycles. The first-order valence-electron chi connectivity index (χ1n) is 7.07. The van der Waals surface area contributed by atoms with Crippen LogP contribution in [0.4, 0.5) is 0 Å². The number of thiazole rings is 1. The maximum atomic E-state index is 12.2. The molecule has 0 aliphatic carbocycles. The lowest BCUT2D eigenvalue weighted by Gasteiger charge is -2.36. The number of nitrogens with one attached hydrogen (secondary N) is 1. The fraction of sp³-hybridized carbons (Fsp3) is 0.643. The van der Waals surface area contributed by atoms with Gasteiger partial charge >= 0.3 is 5.97 Å². The zero-order valence-corrected chi connectivity index (χ0v) is 12.9. The molecule has 2 N–H and O–H groups in total. The standard InChI is InChI=1S/C14H20N2O4S/c1-2-12-15-10(9-21-12)7-11(17)16-14(8-13(18)19)3-5-20-6-4-14/h9H,2-8H2,1H3,(H,16,17)(H,18,19). The van der Waals surface area contributed by atoms with E-state index in [9.17, 15) is 9.59 Å². The molecule has 116 valence electrons. The van der Waals surface area contributed by atoms with Gasteiger partial charge in [-0.2, -0.15) is 0 Å². The molecule has 1 aromatic heterocycles. The predicted octanol–water partition coefficient (Wildman–Crippen LogP) is 1.39. The Labute approximate surface area is 127 Å². The van der Waals surface area contributed by atoms with Crippen molar-refractivity contribution < 1.29 is 19.4 Å². The molecule has 2 rings (SSSR count). The number of carbonyl (C=O) groups excluding carboxylic acids is 1. The van der Waals surface area contributed by atoms with Gasteiger partial charge in [0.05, 0.1) is 29.1 Å². The SMILES string of the molecule is CCc1nc(CC(=O)NC2(CC(=O)O)CCOCC2)cs1. The van der Waals surface area contributed by atoms with Crippen LogP contribution in [0.2, 0.25) is 0 Å². The van der Waals surface area contributed by atoms with E-state index in [0.717, 1.165) is 17.1 Å². The Hall–Kier alpha value is -1.47. The van der Waals surface area contributed by atoms with Gasteiger partial charge in [-0.15, -0.1) is 11.3 Å². The van der Waals surface area contributed by atoms with Crippen molar-refractivity contribution in [2.75, 3.05) is 13.2 Å². The number of hydrogen-bond acceptors (Lipinski definition) is 5. The molecule has 0 bridgehead atoms. The van der Waals surface area contributed by atoms with Gasteiger partial charge < -0.3 is 15.2 Å². The summed E-state index contributed by atoms with van der Waals surface area (Å²) in [5.41, 5.74) is 0.0528. The van der Waals surface area contributed by atoms with E-state index in [2.05, 4.69) is 10.3 Å². The van der Waals surface area contributed by atoms with Crippen molar-refractivity contribution in [3.05, 3.63) is 16.1 Å². The van der Waals surface area contributed by atoms with E-state index < -0.39 is 11.5 Å². The summed E-state index contributed by atoms with van der Waals surface area (Å²) in [6.07, 6.45) is 2.04. The minimum Gasteiger partial charge on any atom is -0.481 e. The average Bonchev–Trinajstić information content (AvgIpc) is 2.86. The summed E-state index contributed by atoms with van der Waals surface area (Å²) in [4.78, 5) is 27.6. The van der Waals surface area contributed by atoms with Gasteiger partial charge in [0.15, 0.2) is 0 Å². The van der Waals surface area contributed by atoms with E-state index in [1.165, 1.54) is 0 Å². The first kappa shape index (κ1) is 15.9. The third-order valence-electron chi connectivity index (χ3n) is 3.59. The van der Waals surface area contributed by atoms with Crippen molar-refractivity contribution in [2.45, 2.75) is 44.6 Å². The van der Waals surface area contributed by atoms with Gasteiger partial charge in [-0.25, -0.2) is 4.98 Å². The van der Waals surface area contributed by atoms with Crippen molar-refractivity contribution in [3.8, 4) is 0 Å². The van der Waals surface area contributed by atoms with Crippen LogP contribution in [-0.4, -0.2) is 40.7 Å². The van der Waals surface area contributed by atoms with Crippen molar-refractivity contribution in [1.29, 1.82) is 0 Å². The second-order valence-corrected chi connectivity index (χ2v) is 6.22. The summed E-state index contributed by atoms with van der Waals surface area (Å²) in [5.74, 6) is -1.08. The highest BCUT2D eigenvalue weighted by Crippen LogP contribution is 2.25. The summed E-state index contributed by atoms with van der Waals surface area (Å²) < 4.78 is 5.27. The third kappa shape index (κ3) is 4.50. The van der Waals surface area contributed by atoms with E-state index in [0.29, 0.717) is 26.1 Å². The van der Waals surface area contributed by atoms with E-state index >= 15 is 0 Å². The lowest BCUT2D eigenvalue weighted by atomic mass is 9.86. The molecule has 0 spiro atoms.